The molecule has 1 atom stereocenters. The number of hydrogen-bond donors (Lipinski definition) is 1. The molecule has 1 N–H and O–H groups in total. The number of hydrogen-bond acceptors (Lipinski definition) is 4. The summed E-state index contributed by atoms with van der Waals surface area (Å²) in [6.45, 7) is 6.01. The maximum absolute atomic E-state index is 12.4. The van der Waals surface area contributed by atoms with Crippen LogP contribution in [0.15, 0.2) is 63.9 Å². The standard InChI is InChI=1S/C22H22BrN3O3/c1-14-7-8-19(11-15(14)2)26-21(27)10-9-20(25-26)29-16(3)22(28)24-13-17-5-4-6-18(23)12-17/h4-12,16H,13H2,1-3H3,(H,24,28)/t16-/m1/s1. The first-order chi connectivity index (χ1) is 13.8. The van der Waals surface area contributed by atoms with Crippen LogP contribution in [-0.4, -0.2) is 21.8 Å². The van der Waals surface area contributed by atoms with E-state index < -0.39 is 6.10 Å². The van der Waals surface area contributed by atoms with Crippen molar-refractivity contribution in [3.63, 3.8) is 0 Å². The molecule has 1 amide bonds. The average Bonchev–Trinajstić information content (AvgIpc) is 2.69. The molecule has 29 heavy (non-hydrogen) atoms. The van der Waals surface area contributed by atoms with Gasteiger partial charge in [-0.05, 0) is 61.7 Å². The molecule has 0 fully saturated rings. The number of carbonyl (C=O) groups is 1. The summed E-state index contributed by atoms with van der Waals surface area (Å²) in [5.41, 5.74) is 3.54. The van der Waals surface area contributed by atoms with Crippen LogP contribution in [0.3, 0.4) is 0 Å². The van der Waals surface area contributed by atoms with E-state index in [-0.39, 0.29) is 17.3 Å². The second-order valence-electron chi connectivity index (χ2n) is 6.80. The fourth-order valence-electron chi connectivity index (χ4n) is 2.71. The minimum Gasteiger partial charge on any atom is -0.464 e. The summed E-state index contributed by atoms with van der Waals surface area (Å²) in [6, 6.07) is 16.2. The zero-order valence-electron chi connectivity index (χ0n) is 16.5. The molecule has 0 saturated heterocycles. The maximum Gasteiger partial charge on any atom is 0.271 e. The Kier molecular flexibility index (Phi) is 6.49. The summed E-state index contributed by atoms with van der Waals surface area (Å²) in [5.74, 6) is -0.0661. The van der Waals surface area contributed by atoms with Crippen molar-refractivity contribution in [3.8, 4) is 11.6 Å². The highest BCUT2D eigenvalue weighted by atomic mass is 79.9. The Balaban J connectivity index is 1.70. The number of nitrogens with one attached hydrogen (secondary N) is 1. The molecule has 3 rings (SSSR count). The van der Waals surface area contributed by atoms with Crippen molar-refractivity contribution < 1.29 is 9.53 Å². The van der Waals surface area contributed by atoms with Gasteiger partial charge in [0.05, 0.1) is 5.69 Å². The maximum atomic E-state index is 12.4. The van der Waals surface area contributed by atoms with Crippen LogP contribution in [0.1, 0.15) is 23.6 Å². The predicted molar refractivity (Wildman–Crippen MR) is 115 cm³/mol. The van der Waals surface area contributed by atoms with E-state index in [0.29, 0.717) is 12.2 Å². The van der Waals surface area contributed by atoms with Gasteiger partial charge in [-0.3, -0.25) is 9.59 Å². The SMILES string of the molecule is Cc1ccc(-n2nc(O[C@H](C)C(=O)NCc3cccc(Br)c3)ccc2=O)cc1C. The zero-order chi connectivity index (χ0) is 21.0. The van der Waals surface area contributed by atoms with Crippen molar-refractivity contribution in [2.24, 2.45) is 0 Å². The number of rotatable bonds is 6. The zero-order valence-corrected chi connectivity index (χ0v) is 18.1. The summed E-state index contributed by atoms with van der Waals surface area (Å²) in [6.07, 6.45) is -0.764. The number of ether oxygens (including phenoxy) is 1. The van der Waals surface area contributed by atoms with E-state index in [1.165, 1.54) is 16.8 Å². The van der Waals surface area contributed by atoms with Crippen molar-refractivity contribution in [3.05, 3.63) is 86.1 Å². The molecule has 2 aromatic carbocycles. The lowest BCUT2D eigenvalue weighted by atomic mass is 10.1. The van der Waals surface area contributed by atoms with Gasteiger partial charge in [0.15, 0.2) is 6.10 Å². The molecule has 150 valence electrons. The van der Waals surface area contributed by atoms with Crippen molar-refractivity contribution in [1.82, 2.24) is 15.1 Å². The number of nitrogens with zero attached hydrogens (tertiary/aromatic N) is 2. The fraction of sp³-hybridized carbons (Fsp3) is 0.227. The molecule has 6 nitrogen and oxygen atoms in total. The Morgan fingerprint density at radius 3 is 2.66 bits per heavy atom. The largest absolute Gasteiger partial charge is 0.464 e. The first kappa shape index (κ1) is 20.8. The van der Waals surface area contributed by atoms with E-state index in [1.54, 1.807) is 6.92 Å². The van der Waals surface area contributed by atoms with Gasteiger partial charge in [-0.2, -0.15) is 4.68 Å². The quantitative estimate of drug-likeness (QED) is 0.614. The molecule has 7 heteroatoms. The Hall–Kier alpha value is -2.93. The fourth-order valence-corrected chi connectivity index (χ4v) is 3.16. The highest BCUT2D eigenvalue weighted by Gasteiger charge is 2.16. The summed E-state index contributed by atoms with van der Waals surface area (Å²) in [5, 5.41) is 7.10. The lowest BCUT2D eigenvalue weighted by Crippen LogP contribution is -2.36. The molecule has 0 bridgehead atoms. The summed E-state index contributed by atoms with van der Waals surface area (Å²) in [4.78, 5) is 24.6. The molecule has 0 spiro atoms. The number of amides is 1. The first-order valence-corrected chi connectivity index (χ1v) is 9.99. The van der Waals surface area contributed by atoms with Crippen LogP contribution in [0.5, 0.6) is 5.88 Å². The summed E-state index contributed by atoms with van der Waals surface area (Å²) < 4.78 is 7.89. The lowest BCUT2D eigenvalue weighted by molar-refractivity contribution is -0.127. The van der Waals surface area contributed by atoms with Crippen LogP contribution >= 0.6 is 15.9 Å². The first-order valence-electron chi connectivity index (χ1n) is 9.20. The van der Waals surface area contributed by atoms with Gasteiger partial charge in [-0.25, -0.2) is 0 Å². The molecule has 0 unspecified atom stereocenters. The van der Waals surface area contributed by atoms with Gasteiger partial charge in [0.2, 0.25) is 5.88 Å². The molecular weight excluding hydrogens is 434 g/mol. The molecule has 1 aromatic heterocycles. The van der Waals surface area contributed by atoms with Crippen LogP contribution < -0.4 is 15.6 Å². The van der Waals surface area contributed by atoms with E-state index in [4.69, 9.17) is 4.74 Å². The topological polar surface area (TPSA) is 73.2 Å². The molecule has 0 aliphatic carbocycles. The Morgan fingerprint density at radius 1 is 1.14 bits per heavy atom. The summed E-state index contributed by atoms with van der Waals surface area (Å²) in [7, 11) is 0. The van der Waals surface area contributed by atoms with Gasteiger partial charge in [0, 0.05) is 23.2 Å². The van der Waals surface area contributed by atoms with Gasteiger partial charge in [0.1, 0.15) is 0 Å². The van der Waals surface area contributed by atoms with Gasteiger partial charge in [-0.15, -0.1) is 5.10 Å². The predicted octanol–water partition coefficient (Wildman–Crippen LogP) is 3.70. The van der Waals surface area contributed by atoms with Crippen LogP contribution in [0.4, 0.5) is 0 Å². The molecule has 0 aliphatic rings. The second-order valence-corrected chi connectivity index (χ2v) is 7.71. The van der Waals surface area contributed by atoms with E-state index in [2.05, 4.69) is 26.3 Å². The van der Waals surface area contributed by atoms with Gasteiger partial charge in [0.25, 0.3) is 11.5 Å². The third-order valence-electron chi connectivity index (χ3n) is 4.53. The second kappa shape index (κ2) is 9.05. The van der Waals surface area contributed by atoms with Gasteiger partial charge in [-0.1, -0.05) is 34.1 Å². The molecule has 0 saturated carbocycles. The molecule has 0 radical (unpaired) electrons. The lowest BCUT2D eigenvalue weighted by Gasteiger charge is -2.15. The number of benzene rings is 2. The average molecular weight is 456 g/mol. The van der Waals surface area contributed by atoms with Gasteiger partial charge < -0.3 is 10.1 Å². The molecular formula is C22H22BrN3O3. The Morgan fingerprint density at radius 2 is 1.93 bits per heavy atom. The number of carbonyl (C=O) groups excluding carboxylic acids is 1. The van der Waals surface area contributed by atoms with Crippen molar-refractivity contribution in [2.45, 2.75) is 33.4 Å². The summed E-state index contributed by atoms with van der Waals surface area (Å²) >= 11 is 3.41. The van der Waals surface area contributed by atoms with E-state index >= 15 is 0 Å². The van der Waals surface area contributed by atoms with Crippen molar-refractivity contribution in [2.75, 3.05) is 0 Å². The highest BCUT2D eigenvalue weighted by Crippen LogP contribution is 2.14. The normalized spacial score (nSPS) is 11.7. The molecule has 0 aliphatic heterocycles. The minimum absolute atomic E-state index is 0.202. The van der Waals surface area contributed by atoms with Crippen LogP contribution in [-0.2, 0) is 11.3 Å². The van der Waals surface area contributed by atoms with Crippen molar-refractivity contribution in [1.29, 1.82) is 0 Å². The Labute approximate surface area is 177 Å². The number of halogens is 1. The monoisotopic (exact) mass is 455 g/mol. The van der Waals surface area contributed by atoms with E-state index in [9.17, 15) is 9.59 Å². The van der Waals surface area contributed by atoms with Crippen LogP contribution in [0.25, 0.3) is 5.69 Å². The molecule has 3 aromatic rings. The number of aryl methyl sites for hydroxylation is 2. The smallest absolute Gasteiger partial charge is 0.271 e. The number of aromatic nitrogens is 2. The highest BCUT2D eigenvalue weighted by molar-refractivity contribution is 9.10. The third kappa shape index (κ3) is 5.32. The molecule has 1 heterocycles. The van der Waals surface area contributed by atoms with Gasteiger partial charge >= 0.3 is 0 Å². The van der Waals surface area contributed by atoms with Crippen molar-refractivity contribution >= 4 is 21.8 Å². The van der Waals surface area contributed by atoms with Crippen LogP contribution in [0, 0.1) is 13.8 Å². The van der Waals surface area contributed by atoms with Crippen LogP contribution in [0.2, 0.25) is 0 Å². The Bertz CT molecular complexity index is 1090. The van der Waals surface area contributed by atoms with E-state index in [0.717, 1.165) is 21.2 Å². The van der Waals surface area contributed by atoms with E-state index in [1.807, 2.05) is 56.3 Å². The third-order valence-corrected chi connectivity index (χ3v) is 5.03. The minimum atomic E-state index is -0.764.